The molecular weight excluding hydrogens is 427 g/mol. The van der Waals surface area contributed by atoms with Crippen LogP contribution in [-0.2, 0) is 6.54 Å². The summed E-state index contributed by atoms with van der Waals surface area (Å²) >= 11 is 6.16. The molecular formula is C21H14ClFN4O4. The van der Waals surface area contributed by atoms with Crippen LogP contribution >= 0.6 is 11.6 Å². The molecule has 8 nitrogen and oxygen atoms in total. The first-order valence-corrected chi connectivity index (χ1v) is 9.42. The monoisotopic (exact) mass is 440 g/mol. The number of hydrogen-bond donors (Lipinski definition) is 2. The summed E-state index contributed by atoms with van der Waals surface area (Å²) in [7, 11) is 0. The fourth-order valence-corrected chi connectivity index (χ4v) is 3.57. The van der Waals surface area contributed by atoms with Gasteiger partial charge in [0.05, 0.1) is 4.92 Å². The number of aromatic amines is 2. The summed E-state index contributed by atoms with van der Waals surface area (Å²) in [6.45, 7) is 0.370. The molecule has 0 aliphatic rings. The first-order chi connectivity index (χ1) is 14.8. The predicted molar refractivity (Wildman–Crippen MR) is 116 cm³/mol. The van der Waals surface area contributed by atoms with Crippen LogP contribution in [0.1, 0.15) is 16.8 Å². The number of benzene rings is 2. The van der Waals surface area contributed by atoms with Crippen molar-refractivity contribution in [1.82, 2.24) is 14.5 Å². The quantitative estimate of drug-likeness (QED) is 0.361. The van der Waals surface area contributed by atoms with Crippen LogP contribution in [0.5, 0.6) is 0 Å². The number of hydrogen-bond acceptors (Lipinski definition) is 4. The molecule has 0 atom stereocenters. The number of nitrogens with one attached hydrogen (secondary N) is 2. The molecule has 4 rings (SSSR count). The molecule has 0 unspecified atom stereocenters. The SMILES string of the molecule is O=c1[nH]c(/C=C/c2cn(Cc3ccc(F)cc3Cl)c3ccccc23)c([N+](=O)[O-])c(=O)[nH]1. The van der Waals surface area contributed by atoms with Crippen molar-refractivity contribution in [2.24, 2.45) is 0 Å². The molecule has 0 aliphatic heterocycles. The van der Waals surface area contributed by atoms with Gasteiger partial charge in [-0.1, -0.05) is 41.9 Å². The van der Waals surface area contributed by atoms with E-state index in [1.54, 1.807) is 18.3 Å². The highest BCUT2D eigenvalue weighted by atomic mass is 35.5. The van der Waals surface area contributed by atoms with Gasteiger partial charge in [0, 0.05) is 34.2 Å². The fraction of sp³-hybridized carbons (Fsp3) is 0.0476. The molecule has 2 aromatic carbocycles. The molecule has 0 saturated heterocycles. The average molecular weight is 441 g/mol. The van der Waals surface area contributed by atoms with Gasteiger partial charge in [0.1, 0.15) is 11.5 Å². The van der Waals surface area contributed by atoms with Gasteiger partial charge in [0.25, 0.3) is 0 Å². The number of H-pyrrole nitrogens is 2. The van der Waals surface area contributed by atoms with Crippen molar-refractivity contribution >= 4 is 40.3 Å². The zero-order valence-corrected chi connectivity index (χ0v) is 16.5. The van der Waals surface area contributed by atoms with Gasteiger partial charge in [0.2, 0.25) is 0 Å². The second-order valence-electron chi connectivity index (χ2n) is 6.73. The summed E-state index contributed by atoms with van der Waals surface area (Å²) in [5, 5.41) is 12.4. The van der Waals surface area contributed by atoms with Crippen LogP contribution in [0, 0.1) is 15.9 Å². The average Bonchev–Trinajstić information content (AvgIpc) is 3.05. The lowest BCUT2D eigenvalue weighted by Gasteiger charge is -2.07. The number of nitrogens with zero attached hydrogens (tertiary/aromatic N) is 2. The Morgan fingerprint density at radius 3 is 2.65 bits per heavy atom. The molecule has 10 heteroatoms. The summed E-state index contributed by atoms with van der Waals surface area (Å²) in [5.74, 6) is -0.428. The minimum absolute atomic E-state index is 0.211. The van der Waals surface area contributed by atoms with E-state index in [0.717, 1.165) is 10.9 Å². The van der Waals surface area contributed by atoms with E-state index in [0.29, 0.717) is 22.7 Å². The normalized spacial score (nSPS) is 11.4. The van der Waals surface area contributed by atoms with Gasteiger partial charge in [-0.25, -0.2) is 9.18 Å². The maximum Gasteiger partial charge on any atom is 0.357 e. The van der Waals surface area contributed by atoms with Crippen LogP contribution in [-0.4, -0.2) is 19.5 Å². The molecule has 0 saturated carbocycles. The number of nitro groups is 1. The second-order valence-corrected chi connectivity index (χ2v) is 7.13. The van der Waals surface area contributed by atoms with Crippen molar-refractivity contribution < 1.29 is 9.31 Å². The van der Waals surface area contributed by atoms with Gasteiger partial charge in [0.15, 0.2) is 0 Å². The van der Waals surface area contributed by atoms with E-state index >= 15 is 0 Å². The van der Waals surface area contributed by atoms with Gasteiger partial charge >= 0.3 is 16.9 Å². The predicted octanol–water partition coefficient (Wildman–Crippen LogP) is 3.94. The van der Waals surface area contributed by atoms with Crippen molar-refractivity contribution in [3.8, 4) is 0 Å². The summed E-state index contributed by atoms with van der Waals surface area (Å²) in [4.78, 5) is 37.9. The van der Waals surface area contributed by atoms with Crippen LogP contribution in [0.15, 0.2) is 58.3 Å². The lowest BCUT2D eigenvalue weighted by molar-refractivity contribution is -0.386. The van der Waals surface area contributed by atoms with Gasteiger partial charge in [-0.05, 0) is 29.8 Å². The molecule has 2 aromatic heterocycles. The molecule has 0 radical (unpaired) electrons. The maximum atomic E-state index is 13.4. The molecule has 0 amide bonds. The Balaban J connectivity index is 1.79. The third-order valence-corrected chi connectivity index (χ3v) is 5.08. The number of fused-ring (bicyclic) bond motifs is 1. The Kier molecular flexibility index (Phi) is 5.26. The summed E-state index contributed by atoms with van der Waals surface area (Å²) in [6, 6.07) is 11.6. The highest BCUT2D eigenvalue weighted by molar-refractivity contribution is 6.31. The topological polar surface area (TPSA) is 114 Å². The number of rotatable bonds is 5. The summed E-state index contributed by atoms with van der Waals surface area (Å²) in [6.07, 6.45) is 4.69. The first-order valence-electron chi connectivity index (χ1n) is 9.04. The van der Waals surface area contributed by atoms with Gasteiger partial charge in [-0.3, -0.25) is 19.9 Å². The summed E-state index contributed by atoms with van der Waals surface area (Å²) < 4.78 is 15.3. The number of para-hydroxylation sites is 1. The van der Waals surface area contributed by atoms with Gasteiger partial charge in [-0.2, -0.15) is 0 Å². The van der Waals surface area contributed by atoms with E-state index in [-0.39, 0.29) is 5.69 Å². The second kappa shape index (κ2) is 8.04. The molecule has 0 aliphatic carbocycles. The van der Waals surface area contributed by atoms with Crippen LogP contribution < -0.4 is 11.2 Å². The minimum atomic E-state index is -1.08. The molecule has 0 bridgehead atoms. The Morgan fingerprint density at radius 1 is 1.13 bits per heavy atom. The van der Waals surface area contributed by atoms with Crippen molar-refractivity contribution in [2.75, 3.05) is 0 Å². The van der Waals surface area contributed by atoms with Crippen LogP contribution in [0.4, 0.5) is 10.1 Å². The Morgan fingerprint density at radius 2 is 1.90 bits per heavy atom. The Labute approximate surface area is 178 Å². The third kappa shape index (κ3) is 4.03. The molecule has 2 heterocycles. The van der Waals surface area contributed by atoms with Crippen molar-refractivity contribution in [3.63, 3.8) is 0 Å². The van der Waals surface area contributed by atoms with Gasteiger partial charge in [-0.15, -0.1) is 0 Å². The summed E-state index contributed by atoms with van der Waals surface area (Å²) in [5.41, 5.74) is -0.616. The largest absolute Gasteiger partial charge is 0.357 e. The Bertz CT molecular complexity index is 1470. The number of halogens is 2. The van der Waals surface area contributed by atoms with Crippen molar-refractivity contribution in [3.05, 3.63) is 107 Å². The van der Waals surface area contributed by atoms with Gasteiger partial charge < -0.3 is 9.55 Å². The third-order valence-electron chi connectivity index (χ3n) is 4.73. The smallest absolute Gasteiger partial charge is 0.342 e. The fourth-order valence-electron chi connectivity index (χ4n) is 3.34. The van der Waals surface area contributed by atoms with E-state index in [2.05, 4.69) is 4.98 Å². The highest BCUT2D eigenvalue weighted by Gasteiger charge is 2.19. The van der Waals surface area contributed by atoms with E-state index in [9.17, 15) is 24.1 Å². The minimum Gasteiger partial charge on any atom is -0.342 e. The highest BCUT2D eigenvalue weighted by Crippen LogP contribution is 2.26. The van der Waals surface area contributed by atoms with E-state index in [1.807, 2.05) is 33.8 Å². The van der Waals surface area contributed by atoms with E-state index in [4.69, 9.17) is 11.6 Å². The zero-order valence-electron chi connectivity index (χ0n) is 15.8. The molecule has 0 spiro atoms. The molecule has 156 valence electrons. The van der Waals surface area contributed by atoms with Crippen LogP contribution in [0.25, 0.3) is 23.1 Å². The lowest BCUT2D eigenvalue weighted by atomic mass is 10.1. The van der Waals surface area contributed by atoms with E-state index in [1.165, 1.54) is 18.2 Å². The molecule has 31 heavy (non-hydrogen) atoms. The molecule has 4 aromatic rings. The molecule has 2 N–H and O–H groups in total. The number of aromatic nitrogens is 3. The maximum absolute atomic E-state index is 13.4. The van der Waals surface area contributed by atoms with Crippen molar-refractivity contribution in [2.45, 2.75) is 6.54 Å². The Hall–Kier alpha value is -3.98. The zero-order chi connectivity index (χ0) is 22.1. The standard InChI is InChI=1S/C21H14ClFN4O4/c22-16-9-14(23)7-5-13(16)11-26-10-12(15-3-1-2-4-18(15)26)6-8-17-19(27(30)31)20(28)25-21(29)24-17/h1-10H,11H2,(H2,24,25,28,29)/b8-6+. The molecule has 0 fully saturated rings. The first kappa shape index (κ1) is 20.3. The van der Waals surface area contributed by atoms with E-state index < -0.39 is 27.7 Å². The van der Waals surface area contributed by atoms with Crippen LogP contribution in [0.3, 0.4) is 0 Å². The van der Waals surface area contributed by atoms with Crippen LogP contribution in [0.2, 0.25) is 5.02 Å². The van der Waals surface area contributed by atoms with Crippen molar-refractivity contribution in [1.29, 1.82) is 0 Å². The lowest BCUT2D eigenvalue weighted by Crippen LogP contribution is -2.25.